The van der Waals surface area contributed by atoms with E-state index in [4.69, 9.17) is 11.6 Å². The summed E-state index contributed by atoms with van der Waals surface area (Å²) in [5.74, 6) is 0.0594. The van der Waals surface area contributed by atoms with Crippen molar-refractivity contribution in [1.29, 1.82) is 0 Å². The molecule has 102 valence electrons. The minimum Gasteiger partial charge on any atom is -0.321 e. The van der Waals surface area contributed by atoms with Crippen LogP contribution >= 0.6 is 11.6 Å². The van der Waals surface area contributed by atoms with E-state index in [0.717, 1.165) is 5.56 Å². The molecule has 0 aliphatic heterocycles. The molecule has 0 bridgehead atoms. The Balaban J connectivity index is 2.15. The molecule has 2 aromatic rings. The number of anilines is 2. The molecule has 0 aliphatic rings. The van der Waals surface area contributed by atoms with Gasteiger partial charge in [-0.05, 0) is 5.56 Å². The third-order valence-corrected chi connectivity index (χ3v) is 2.57. The Labute approximate surface area is 120 Å². The molecule has 0 spiro atoms. The molecule has 0 radical (unpaired) electrons. The zero-order valence-corrected chi connectivity index (χ0v) is 11.4. The van der Waals surface area contributed by atoms with Gasteiger partial charge >= 0.3 is 0 Å². The van der Waals surface area contributed by atoms with Gasteiger partial charge in [0, 0.05) is 6.92 Å². The van der Waals surface area contributed by atoms with E-state index in [1.807, 2.05) is 30.3 Å². The first-order valence-electron chi connectivity index (χ1n) is 5.79. The molecular weight excluding hydrogens is 278 g/mol. The van der Waals surface area contributed by atoms with Crippen molar-refractivity contribution < 1.29 is 4.79 Å². The Morgan fingerprint density at radius 2 is 2.05 bits per heavy atom. The van der Waals surface area contributed by atoms with Crippen molar-refractivity contribution in [3.63, 3.8) is 0 Å². The van der Waals surface area contributed by atoms with Gasteiger partial charge in [-0.3, -0.25) is 10.2 Å². The second-order valence-electron chi connectivity index (χ2n) is 3.85. The van der Waals surface area contributed by atoms with Crippen molar-refractivity contribution in [2.75, 3.05) is 10.7 Å². The molecule has 20 heavy (non-hydrogen) atoms. The Morgan fingerprint density at radius 3 is 2.75 bits per heavy atom. The Hall–Kier alpha value is -2.47. The van der Waals surface area contributed by atoms with Crippen LogP contribution in [0.15, 0.2) is 41.8 Å². The lowest BCUT2D eigenvalue weighted by Crippen LogP contribution is -2.10. The maximum atomic E-state index is 11.1. The van der Waals surface area contributed by atoms with E-state index in [0.29, 0.717) is 11.5 Å². The van der Waals surface area contributed by atoms with Crippen molar-refractivity contribution >= 4 is 35.2 Å². The standard InChI is InChI=1S/C13H12ClN5O/c1-9(20)18-11-12(14)15-8-16-13(11)19-17-7-10-5-3-2-4-6-10/h2-8H,1H3,(H,18,20)(H,15,16,19). The molecule has 0 atom stereocenters. The summed E-state index contributed by atoms with van der Waals surface area (Å²) in [6.45, 7) is 1.38. The van der Waals surface area contributed by atoms with Crippen molar-refractivity contribution in [2.45, 2.75) is 6.92 Å². The van der Waals surface area contributed by atoms with Gasteiger partial charge < -0.3 is 5.32 Å². The largest absolute Gasteiger partial charge is 0.321 e. The number of amides is 1. The highest BCUT2D eigenvalue weighted by atomic mass is 35.5. The summed E-state index contributed by atoms with van der Waals surface area (Å²) in [4.78, 5) is 18.9. The second-order valence-corrected chi connectivity index (χ2v) is 4.21. The van der Waals surface area contributed by atoms with Crippen molar-refractivity contribution in [3.05, 3.63) is 47.4 Å². The molecule has 1 aromatic heterocycles. The fourth-order valence-electron chi connectivity index (χ4n) is 1.44. The van der Waals surface area contributed by atoms with Gasteiger partial charge in [-0.2, -0.15) is 5.10 Å². The van der Waals surface area contributed by atoms with Gasteiger partial charge in [0.05, 0.1) is 6.21 Å². The van der Waals surface area contributed by atoms with E-state index in [-0.39, 0.29) is 11.1 Å². The van der Waals surface area contributed by atoms with Crippen LogP contribution in [0.5, 0.6) is 0 Å². The van der Waals surface area contributed by atoms with E-state index in [1.165, 1.54) is 13.3 Å². The maximum Gasteiger partial charge on any atom is 0.221 e. The third-order valence-electron chi connectivity index (χ3n) is 2.29. The van der Waals surface area contributed by atoms with Crippen LogP contribution in [0, 0.1) is 0 Å². The van der Waals surface area contributed by atoms with Gasteiger partial charge in [0.1, 0.15) is 12.0 Å². The number of benzene rings is 1. The maximum absolute atomic E-state index is 11.1. The lowest BCUT2D eigenvalue weighted by atomic mass is 10.2. The van der Waals surface area contributed by atoms with E-state index in [1.54, 1.807) is 6.21 Å². The summed E-state index contributed by atoms with van der Waals surface area (Å²) >= 11 is 5.91. The molecule has 2 N–H and O–H groups in total. The summed E-state index contributed by atoms with van der Waals surface area (Å²) in [5, 5.41) is 6.75. The third kappa shape index (κ3) is 3.76. The molecule has 1 heterocycles. The van der Waals surface area contributed by atoms with Crippen molar-refractivity contribution in [2.24, 2.45) is 5.10 Å². The lowest BCUT2D eigenvalue weighted by Gasteiger charge is -2.08. The highest BCUT2D eigenvalue weighted by Gasteiger charge is 2.10. The first kappa shape index (κ1) is 14.0. The molecule has 2 rings (SSSR count). The molecule has 1 amide bonds. The number of carbonyl (C=O) groups excluding carboxylic acids is 1. The average molecular weight is 290 g/mol. The van der Waals surface area contributed by atoms with Crippen LogP contribution in [-0.2, 0) is 4.79 Å². The average Bonchev–Trinajstić information content (AvgIpc) is 2.43. The summed E-state index contributed by atoms with van der Waals surface area (Å²) in [6.07, 6.45) is 2.92. The van der Waals surface area contributed by atoms with Crippen LogP contribution in [0.1, 0.15) is 12.5 Å². The smallest absolute Gasteiger partial charge is 0.221 e. The van der Waals surface area contributed by atoms with Crippen LogP contribution in [0.25, 0.3) is 0 Å². The van der Waals surface area contributed by atoms with Crippen LogP contribution < -0.4 is 10.7 Å². The summed E-state index contributed by atoms with van der Waals surface area (Å²) in [6, 6.07) is 9.56. The van der Waals surface area contributed by atoms with Gasteiger partial charge in [0.2, 0.25) is 5.91 Å². The predicted molar refractivity (Wildman–Crippen MR) is 79.0 cm³/mol. The van der Waals surface area contributed by atoms with E-state index in [9.17, 15) is 4.79 Å². The number of halogens is 1. The monoisotopic (exact) mass is 289 g/mol. The molecule has 0 unspecified atom stereocenters. The highest BCUT2D eigenvalue weighted by molar-refractivity contribution is 6.33. The normalized spacial score (nSPS) is 10.5. The molecule has 0 aliphatic carbocycles. The molecule has 1 aromatic carbocycles. The summed E-state index contributed by atoms with van der Waals surface area (Å²) in [7, 11) is 0. The first-order valence-corrected chi connectivity index (χ1v) is 6.17. The number of carbonyl (C=O) groups is 1. The topological polar surface area (TPSA) is 79.3 Å². The highest BCUT2D eigenvalue weighted by Crippen LogP contribution is 2.25. The Morgan fingerprint density at radius 1 is 1.30 bits per heavy atom. The van der Waals surface area contributed by atoms with Gasteiger partial charge in [-0.15, -0.1) is 0 Å². The van der Waals surface area contributed by atoms with Crippen molar-refractivity contribution in [1.82, 2.24) is 9.97 Å². The summed E-state index contributed by atoms with van der Waals surface area (Å²) in [5.41, 5.74) is 3.96. The Kier molecular flexibility index (Phi) is 4.62. The van der Waals surface area contributed by atoms with E-state index < -0.39 is 0 Å². The van der Waals surface area contributed by atoms with Crippen LogP contribution in [0.4, 0.5) is 11.5 Å². The molecule has 0 fully saturated rings. The molecule has 7 heteroatoms. The van der Waals surface area contributed by atoms with Gasteiger partial charge in [-0.25, -0.2) is 9.97 Å². The van der Waals surface area contributed by atoms with E-state index >= 15 is 0 Å². The first-order chi connectivity index (χ1) is 9.66. The quantitative estimate of drug-likeness (QED) is 0.515. The minimum atomic E-state index is -0.267. The minimum absolute atomic E-state index is 0.146. The van der Waals surface area contributed by atoms with Gasteiger partial charge in [0.25, 0.3) is 0 Å². The number of hydrogen-bond donors (Lipinski definition) is 2. The van der Waals surface area contributed by atoms with Crippen LogP contribution in [-0.4, -0.2) is 22.1 Å². The van der Waals surface area contributed by atoms with Crippen LogP contribution in [0.2, 0.25) is 5.15 Å². The Bertz CT molecular complexity index is 630. The molecular formula is C13H12ClN5O. The number of hydrazone groups is 1. The zero-order chi connectivity index (χ0) is 14.4. The molecule has 6 nitrogen and oxygen atoms in total. The lowest BCUT2D eigenvalue weighted by molar-refractivity contribution is -0.114. The fourth-order valence-corrected chi connectivity index (χ4v) is 1.62. The van der Waals surface area contributed by atoms with Gasteiger partial charge in [0.15, 0.2) is 11.0 Å². The number of hydrogen-bond acceptors (Lipinski definition) is 5. The number of nitrogens with one attached hydrogen (secondary N) is 2. The van der Waals surface area contributed by atoms with Crippen LogP contribution in [0.3, 0.4) is 0 Å². The molecule has 0 saturated heterocycles. The van der Waals surface area contributed by atoms with E-state index in [2.05, 4.69) is 25.8 Å². The predicted octanol–water partition coefficient (Wildman–Crippen LogP) is 2.53. The van der Waals surface area contributed by atoms with Crippen molar-refractivity contribution in [3.8, 4) is 0 Å². The fraction of sp³-hybridized carbons (Fsp3) is 0.0769. The SMILES string of the molecule is CC(=O)Nc1c(Cl)ncnc1NN=Cc1ccccc1. The number of nitrogens with zero attached hydrogens (tertiary/aromatic N) is 3. The molecule has 0 saturated carbocycles. The van der Waals surface area contributed by atoms with Gasteiger partial charge in [-0.1, -0.05) is 41.9 Å². The number of aromatic nitrogens is 2. The summed E-state index contributed by atoms with van der Waals surface area (Å²) < 4.78 is 0. The zero-order valence-electron chi connectivity index (χ0n) is 10.7. The number of rotatable bonds is 4. The second kappa shape index (κ2) is 6.63.